The lowest BCUT2D eigenvalue weighted by Gasteiger charge is -2.13. The molecule has 4 aromatic rings. The maximum Gasteiger partial charge on any atom is 0.221 e. The molecular weight excluding hydrogens is 444 g/mol. The van der Waals surface area contributed by atoms with E-state index in [1.165, 1.54) is 0 Å². The summed E-state index contributed by atoms with van der Waals surface area (Å²) < 4.78 is 12.0. The minimum atomic E-state index is 0.0396. The molecule has 4 heteroatoms. The molecule has 0 saturated carbocycles. The number of rotatable bonds is 7. The standard InChI is InChI=1S/C32H32N2O2/c1-23(2)35-31(27-11-7-5-8-12-27)33-29-19-15-25(16-20-29)26-17-21-30(22-18-26)34-32(36-24(3)4)28-13-9-6-10-14-28/h5-24H,1-4H3. The van der Waals surface area contributed by atoms with Crippen LogP contribution in [0.4, 0.5) is 11.4 Å². The Hall–Kier alpha value is -4.18. The van der Waals surface area contributed by atoms with E-state index in [4.69, 9.17) is 19.5 Å². The van der Waals surface area contributed by atoms with Crippen LogP contribution in [0.15, 0.2) is 119 Å². The van der Waals surface area contributed by atoms with Crippen molar-refractivity contribution < 1.29 is 9.47 Å². The lowest BCUT2D eigenvalue weighted by atomic mass is 10.1. The third-order valence-electron chi connectivity index (χ3n) is 5.27. The smallest absolute Gasteiger partial charge is 0.221 e. The molecule has 4 nitrogen and oxygen atoms in total. The Balaban J connectivity index is 1.55. The highest BCUT2D eigenvalue weighted by Gasteiger charge is 2.09. The molecular formula is C32H32N2O2. The molecule has 0 spiro atoms. The quantitative estimate of drug-likeness (QED) is 0.199. The zero-order valence-corrected chi connectivity index (χ0v) is 21.3. The molecule has 4 rings (SSSR count). The second kappa shape index (κ2) is 12.0. The van der Waals surface area contributed by atoms with Crippen molar-refractivity contribution in [3.05, 3.63) is 120 Å². The Morgan fingerprint density at radius 1 is 0.472 bits per heavy atom. The first-order valence-corrected chi connectivity index (χ1v) is 12.3. The topological polar surface area (TPSA) is 43.2 Å². The van der Waals surface area contributed by atoms with Crippen LogP contribution in [0.2, 0.25) is 0 Å². The van der Waals surface area contributed by atoms with Crippen molar-refractivity contribution in [3.8, 4) is 11.1 Å². The SMILES string of the molecule is CC(C)OC(=Nc1ccc(-c2ccc(N=C(OC(C)C)c3ccccc3)cc2)cc1)c1ccccc1. The molecule has 0 atom stereocenters. The summed E-state index contributed by atoms with van der Waals surface area (Å²) in [6.45, 7) is 8.03. The Kier molecular flexibility index (Phi) is 8.30. The van der Waals surface area contributed by atoms with E-state index in [1.807, 2.05) is 113 Å². The molecule has 0 aliphatic carbocycles. The monoisotopic (exact) mass is 476 g/mol. The van der Waals surface area contributed by atoms with Crippen molar-refractivity contribution in [1.82, 2.24) is 0 Å². The van der Waals surface area contributed by atoms with Gasteiger partial charge in [0.2, 0.25) is 11.8 Å². The van der Waals surface area contributed by atoms with Gasteiger partial charge < -0.3 is 9.47 Å². The van der Waals surface area contributed by atoms with Crippen LogP contribution < -0.4 is 0 Å². The van der Waals surface area contributed by atoms with Crippen LogP contribution in [0.25, 0.3) is 11.1 Å². The normalized spacial score (nSPS) is 12.2. The average Bonchev–Trinajstić information content (AvgIpc) is 2.89. The Morgan fingerprint density at radius 2 is 0.806 bits per heavy atom. The molecule has 182 valence electrons. The summed E-state index contributed by atoms with van der Waals surface area (Å²) >= 11 is 0. The van der Waals surface area contributed by atoms with E-state index < -0.39 is 0 Å². The van der Waals surface area contributed by atoms with E-state index in [9.17, 15) is 0 Å². The van der Waals surface area contributed by atoms with E-state index in [2.05, 4.69) is 24.3 Å². The van der Waals surface area contributed by atoms with Crippen molar-refractivity contribution in [2.45, 2.75) is 39.9 Å². The van der Waals surface area contributed by atoms with Gasteiger partial charge in [0, 0.05) is 11.1 Å². The molecule has 0 unspecified atom stereocenters. The fraction of sp³-hybridized carbons (Fsp3) is 0.188. The molecule has 0 saturated heterocycles. The lowest BCUT2D eigenvalue weighted by Crippen LogP contribution is -2.12. The van der Waals surface area contributed by atoms with Crippen molar-refractivity contribution in [2.24, 2.45) is 9.98 Å². The molecule has 0 fully saturated rings. The number of hydrogen-bond acceptors (Lipinski definition) is 4. The highest BCUT2D eigenvalue weighted by molar-refractivity contribution is 5.96. The second-order valence-electron chi connectivity index (χ2n) is 8.99. The molecule has 0 aliphatic rings. The van der Waals surface area contributed by atoms with Crippen molar-refractivity contribution in [3.63, 3.8) is 0 Å². The second-order valence-corrected chi connectivity index (χ2v) is 8.99. The van der Waals surface area contributed by atoms with E-state index >= 15 is 0 Å². The summed E-state index contributed by atoms with van der Waals surface area (Å²) in [6, 6.07) is 36.3. The zero-order chi connectivity index (χ0) is 25.3. The van der Waals surface area contributed by atoms with E-state index in [1.54, 1.807) is 0 Å². The van der Waals surface area contributed by atoms with Gasteiger partial charge in [0.05, 0.1) is 23.6 Å². The summed E-state index contributed by atoms with van der Waals surface area (Å²) in [5.74, 6) is 1.25. The Labute approximate surface area is 214 Å². The van der Waals surface area contributed by atoms with Crippen molar-refractivity contribution in [2.75, 3.05) is 0 Å². The fourth-order valence-corrected chi connectivity index (χ4v) is 3.62. The van der Waals surface area contributed by atoms with Crippen LogP contribution in [0.3, 0.4) is 0 Å². The number of ether oxygens (including phenoxy) is 2. The number of benzene rings is 4. The first-order valence-electron chi connectivity index (χ1n) is 12.3. The maximum absolute atomic E-state index is 5.98. The molecule has 0 aromatic heterocycles. The van der Waals surface area contributed by atoms with Gasteiger partial charge in [-0.25, -0.2) is 9.98 Å². The highest BCUT2D eigenvalue weighted by Crippen LogP contribution is 2.26. The van der Waals surface area contributed by atoms with Gasteiger partial charge in [0.15, 0.2) is 0 Å². The molecule has 0 aliphatic heterocycles. The third-order valence-corrected chi connectivity index (χ3v) is 5.27. The van der Waals surface area contributed by atoms with Gasteiger partial charge in [-0.15, -0.1) is 0 Å². The largest absolute Gasteiger partial charge is 0.475 e. The van der Waals surface area contributed by atoms with Crippen molar-refractivity contribution >= 4 is 23.2 Å². The summed E-state index contributed by atoms with van der Waals surface area (Å²) in [4.78, 5) is 9.53. The van der Waals surface area contributed by atoms with Gasteiger partial charge in [-0.1, -0.05) is 60.7 Å². The van der Waals surface area contributed by atoms with E-state index in [0.29, 0.717) is 11.8 Å². The highest BCUT2D eigenvalue weighted by atomic mass is 16.5. The van der Waals surface area contributed by atoms with Crippen LogP contribution in [0.5, 0.6) is 0 Å². The molecule has 0 radical (unpaired) electrons. The molecule has 4 aromatic carbocycles. The number of hydrogen-bond donors (Lipinski definition) is 0. The first-order chi connectivity index (χ1) is 17.5. The third kappa shape index (κ3) is 6.92. The summed E-state index contributed by atoms with van der Waals surface area (Å²) in [7, 11) is 0. The van der Waals surface area contributed by atoms with E-state index in [-0.39, 0.29) is 12.2 Å². The number of nitrogens with zero attached hydrogens (tertiary/aromatic N) is 2. The van der Waals surface area contributed by atoms with Crippen LogP contribution in [0, 0.1) is 0 Å². The van der Waals surface area contributed by atoms with Crippen molar-refractivity contribution in [1.29, 1.82) is 0 Å². The molecule has 36 heavy (non-hydrogen) atoms. The molecule has 0 amide bonds. The minimum absolute atomic E-state index is 0.0396. The Bertz CT molecular complexity index is 1190. The minimum Gasteiger partial charge on any atom is -0.475 e. The summed E-state index contributed by atoms with van der Waals surface area (Å²) in [5, 5.41) is 0. The van der Waals surface area contributed by atoms with Crippen LogP contribution in [-0.4, -0.2) is 24.0 Å². The first kappa shape index (κ1) is 24.9. The zero-order valence-electron chi connectivity index (χ0n) is 21.3. The summed E-state index contributed by atoms with van der Waals surface area (Å²) in [5.41, 5.74) is 5.83. The predicted molar refractivity (Wildman–Crippen MR) is 150 cm³/mol. The maximum atomic E-state index is 5.98. The fourth-order valence-electron chi connectivity index (χ4n) is 3.62. The van der Waals surface area contributed by atoms with Gasteiger partial charge in [-0.2, -0.15) is 0 Å². The van der Waals surface area contributed by atoms with E-state index in [0.717, 1.165) is 33.6 Å². The average molecular weight is 477 g/mol. The Morgan fingerprint density at radius 3 is 1.11 bits per heavy atom. The summed E-state index contributed by atoms with van der Waals surface area (Å²) in [6.07, 6.45) is 0.0792. The van der Waals surface area contributed by atoms with Crippen LogP contribution in [0.1, 0.15) is 38.8 Å². The van der Waals surface area contributed by atoms with Gasteiger partial charge in [0.1, 0.15) is 0 Å². The molecule has 0 bridgehead atoms. The van der Waals surface area contributed by atoms with Gasteiger partial charge in [0.25, 0.3) is 0 Å². The molecule has 0 heterocycles. The molecule has 0 N–H and O–H groups in total. The predicted octanol–water partition coefficient (Wildman–Crippen LogP) is 8.36. The lowest BCUT2D eigenvalue weighted by molar-refractivity contribution is 0.229. The number of aliphatic imine (C=N–C) groups is 2. The van der Waals surface area contributed by atoms with Crippen LogP contribution >= 0.6 is 0 Å². The van der Waals surface area contributed by atoms with Crippen LogP contribution in [-0.2, 0) is 9.47 Å². The van der Waals surface area contributed by atoms with Gasteiger partial charge >= 0.3 is 0 Å². The van der Waals surface area contributed by atoms with Gasteiger partial charge in [-0.3, -0.25) is 0 Å². The van der Waals surface area contributed by atoms with Gasteiger partial charge in [-0.05, 0) is 87.4 Å².